The number of H-pyrrole nitrogens is 1. The largest absolute Gasteiger partial charge is 0.357 e. The van der Waals surface area contributed by atoms with Crippen LogP contribution in [0.2, 0.25) is 0 Å². The molecule has 1 aromatic carbocycles. The lowest BCUT2D eigenvalue weighted by molar-refractivity contribution is 1.00. The van der Waals surface area contributed by atoms with Gasteiger partial charge in [-0.3, -0.25) is 4.79 Å². The quantitative estimate of drug-likeness (QED) is 0.786. The van der Waals surface area contributed by atoms with E-state index < -0.39 is 0 Å². The summed E-state index contributed by atoms with van der Waals surface area (Å²) in [5.74, 6) is 0. The van der Waals surface area contributed by atoms with Crippen LogP contribution in [0.15, 0.2) is 29.1 Å². The zero-order valence-corrected chi connectivity index (χ0v) is 9.54. The van der Waals surface area contributed by atoms with Crippen LogP contribution >= 0.6 is 22.6 Å². The average molecular weight is 300 g/mol. The predicted octanol–water partition coefficient (Wildman–Crippen LogP) is 1.59. The molecule has 0 aliphatic rings. The van der Waals surface area contributed by atoms with E-state index >= 15 is 0 Å². The van der Waals surface area contributed by atoms with Crippen LogP contribution in [-0.2, 0) is 6.54 Å². The van der Waals surface area contributed by atoms with Crippen molar-refractivity contribution in [3.8, 4) is 0 Å². The van der Waals surface area contributed by atoms with Crippen LogP contribution in [0.25, 0.3) is 10.9 Å². The van der Waals surface area contributed by atoms with E-state index in [0.717, 1.165) is 14.8 Å². The Morgan fingerprint density at radius 2 is 2.14 bits per heavy atom. The molecule has 0 bridgehead atoms. The first kappa shape index (κ1) is 9.67. The number of rotatable bonds is 1. The number of pyridine rings is 1. The summed E-state index contributed by atoms with van der Waals surface area (Å²) in [4.78, 5) is 14.7. The molecule has 4 heteroatoms. The van der Waals surface area contributed by atoms with Crippen molar-refractivity contribution in [1.29, 1.82) is 0 Å². The van der Waals surface area contributed by atoms with E-state index in [-0.39, 0.29) is 5.43 Å². The number of fused-ring (bicyclic) bond motifs is 1. The van der Waals surface area contributed by atoms with Gasteiger partial charge in [0.1, 0.15) is 0 Å². The highest BCUT2D eigenvalue weighted by atomic mass is 127. The lowest BCUT2D eigenvalue weighted by Crippen LogP contribution is -2.08. The summed E-state index contributed by atoms with van der Waals surface area (Å²) in [6, 6.07) is 7.24. The maximum Gasteiger partial charge on any atom is 0.189 e. The third-order valence-corrected chi connectivity index (χ3v) is 2.74. The van der Waals surface area contributed by atoms with Gasteiger partial charge in [0.25, 0.3) is 0 Å². The Labute approximate surface area is 94.5 Å². The van der Waals surface area contributed by atoms with E-state index in [1.807, 2.05) is 18.2 Å². The fraction of sp³-hybridized carbons (Fsp3) is 0.100. The Kier molecular flexibility index (Phi) is 2.56. The van der Waals surface area contributed by atoms with Gasteiger partial charge < -0.3 is 10.7 Å². The van der Waals surface area contributed by atoms with Crippen molar-refractivity contribution in [2.24, 2.45) is 5.73 Å². The van der Waals surface area contributed by atoms with Gasteiger partial charge in [-0.15, -0.1) is 0 Å². The van der Waals surface area contributed by atoms with Crippen molar-refractivity contribution in [3.05, 3.63) is 43.8 Å². The Bertz CT molecular complexity index is 533. The zero-order valence-electron chi connectivity index (χ0n) is 7.38. The standard InChI is InChI=1S/C10H9IN2O/c11-6-1-2-8-9(3-6)13-7(5-12)4-10(8)14/h1-4H,5,12H2,(H,13,14). The minimum absolute atomic E-state index is 0.0237. The number of aromatic nitrogens is 1. The van der Waals surface area contributed by atoms with Gasteiger partial charge >= 0.3 is 0 Å². The summed E-state index contributed by atoms with van der Waals surface area (Å²) in [6.07, 6.45) is 0. The van der Waals surface area contributed by atoms with Crippen LogP contribution in [-0.4, -0.2) is 4.98 Å². The molecule has 0 amide bonds. The van der Waals surface area contributed by atoms with Crippen molar-refractivity contribution < 1.29 is 0 Å². The molecule has 0 fully saturated rings. The summed E-state index contributed by atoms with van der Waals surface area (Å²) in [6.45, 7) is 0.358. The maximum absolute atomic E-state index is 11.6. The molecule has 0 aliphatic heterocycles. The highest BCUT2D eigenvalue weighted by Gasteiger charge is 2.00. The lowest BCUT2D eigenvalue weighted by atomic mass is 10.2. The van der Waals surface area contributed by atoms with Gasteiger partial charge in [-0.05, 0) is 40.8 Å². The van der Waals surface area contributed by atoms with Crippen molar-refractivity contribution >= 4 is 33.5 Å². The Hall–Kier alpha value is -0.880. The van der Waals surface area contributed by atoms with E-state index in [0.29, 0.717) is 11.9 Å². The van der Waals surface area contributed by atoms with E-state index in [9.17, 15) is 4.79 Å². The lowest BCUT2D eigenvalue weighted by Gasteiger charge is -2.01. The SMILES string of the molecule is NCc1cc(=O)c2ccc(I)cc2[nH]1. The molecule has 1 aromatic heterocycles. The van der Waals surface area contributed by atoms with Crippen LogP contribution in [0, 0.1) is 3.57 Å². The molecule has 2 aromatic rings. The molecule has 0 saturated carbocycles. The van der Waals surface area contributed by atoms with Gasteiger partial charge in [0.15, 0.2) is 5.43 Å². The van der Waals surface area contributed by atoms with Crippen molar-refractivity contribution in [1.82, 2.24) is 4.98 Å². The molecule has 0 aliphatic carbocycles. The number of aromatic amines is 1. The summed E-state index contributed by atoms with van der Waals surface area (Å²) in [5, 5.41) is 0.711. The smallest absolute Gasteiger partial charge is 0.189 e. The monoisotopic (exact) mass is 300 g/mol. The van der Waals surface area contributed by atoms with Gasteiger partial charge in [-0.2, -0.15) is 0 Å². The number of hydrogen-bond acceptors (Lipinski definition) is 2. The number of halogens is 1. The van der Waals surface area contributed by atoms with Gasteiger partial charge in [-0.1, -0.05) is 0 Å². The number of nitrogens with two attached hydrogens (primary N) is 1. The normalized spacial score (nSPS) is 10.7. The van der Waals surface area contributed by atoms with Crippen molar-refractivity contribution in [2.75, 3.05) is 0 Å². The van der Waals surface area contributed by atoms with Crippen molar-refractivity contribution in [3.63, 3.8) is 0 Å². The Balaban J connectivity index is 2.84. The fourth-order valence-electron chi connectivity index (χ4n) is 1.39. The fourth-order valence-corrected chi connectivity index (χ4v) is 1.88. The molecule has 2 rings (SSSR count). The second-order valence-electron chi connectivity index (χ2n) is 3.05. The third-order valence-electron chi connectivity index (χ3n) is 2.07. The summed E-state index contributed by atoms with van der Waals surface area (Å²) < 4.78 is 1.10. The topological polar surface area (TPSA) is 58.9 Å². The minimum Gasteiger partial charge on any atom is -0.357 e. The maximum atomic E-state index is 11.6. The van der Waals surface area contributed by atoms with Crippen LogP contribution in [0.3, 0.4) is 0 Å². The van der Waals surface area contributed by atoms with E-state index in [2.05, 4.69) is 27.6 Å². The van der Waals surface area contributed by atoms with Crippen LogP contribution < -0.4 is 11.2 Å². The highest BCUT2D eigenvalue weighted by Crippen LogP contribution is 2.12. The Morgan fingerprint density at radius 3 is 2.86 bits per heavy atom. The molecule has 0 radical (unpaired) electrons. The second kappa shape index (κ2) is 3.70. The van der Waals surface area contributed by atoms with E-state index in [4.69, 9.17) is 5.73 Å². The molecular weight excluding hydrogens is 291 g/mol. The zero-order chi connectivity index (χ0) is 10.1. The molecule has 3 nitrogen and oxygen atoms in total. The van der Waals surface area contributed by atoms with Crippen LogP contribution in [0.1, 0.15) is 5.69 Å². The van der Waals surface area contributed by atoms with E-state index in [1.54, 1.807) is 6.07 Å². The molecule has 0 saturated heterocycles. The second-order valence-corrected chi connectivity index (χ2v) is 4.30. The summed E-state index contributed by atoms with van der Waals surface area (Å²) >= 11 is 2.21. The molecular formula is C10H9IN2O. The first-order valence-electron chi connectivity index (χ1n) is 4.22. The molecule has 0 spiro atoms. The third kappa shape index (κ3) is 1.67. The van der Waals surface area contributed by atoms with E-state index in [1.165, 1.54) is 0 Å². The first-order chi connectivity index (χ1) is 6.70. The molecule has 14 heavy (non-hydrogen) atoms. The van der Waals surface area contributed by atoms with Gasteiger partial charge in [0.2, 0.25) is 0 Å². The minimum atomic E-state index is 0.0237. The molecule has 3 N–H and O–H groups in total. The Morgan fingerprint density at radius 1 is 1.36 bits per heavy atom. The van der Waals surface area contributed by atoms with Gasteiger partial charge in [0.05, 0.1) is 5.52 Å². The average Bonchev–Trinajstić information content (AvgIpc) is 2.16. The van der Waals surface area contributed by atoms with Crippen LogP contribution in [0.4, 0.5) is 0 Å². The van der Waals surface area contributed by atoms with Crippen LogP contribution in [0.5, 0.6) is 0 Å². The summed E-state index contributed by atoms with van der Waals surface area (Å²) in [5.41, 5.74) is 7.12. The molecule has 0 atom stereocenters. The number of hydrogen-bond donors (Lipinski definition) is 2. The molecule has 1 heterocycles. The highest BCUT2D eigenvalue weighted by molar-refractivity contribution is 14.1. The van der Waals surface area contributed by atoms with Gasteiger partial charge in [-0.25, -0.2) is 0 Å². The summed E-state index contributed by atoms with van der Waals surface area (Å²) in [7, 11) is 0. The molecule has 72 valence electrons. The number of benzene rings is 1. The number of nitrogens with one attached hydrogen (secondary N) is 1. The predicted molar refractivity (Wildman–Crippen MR) is 65.2 cm³/mol. The first-order valence-corrected chi connectivity index (χ1v) is 5.30. The molecule has 0 unspecified atom stereocenters. The van der Waals surface area contributed by atoms with Crippen molar-refractivity contribution in [2.45, 2.75) is 6.54 Å². The van der Waals surface area contributed by atoms with Gasteiger partial charge in [0, 0.05) is 27.3 Å².